The number of thiol groups is 2. The van der Waals surface area contributed by atoms with Crippen LogP contribution >= 0.6 is 25.3 Å². The van der Waals surface area contributed by atoms with Crippen LogP contribution in [0.3, 0.4) is 0 Å². The van der Waals surface area contributed by atoms with Gasteiger partial charge in [-0.05, 0) is 25.0 Å². The molecule has 1 nitrogen and oxygen atoms in total. The fourth-order valence-electron chi connectivity index (χ4n) is 2.43. The minimum atomic E-state index is -0.222. The van der Waals surface area contributed by atoms with Crippen LogP contribution in [0.2, 0.25) is 0 Å². The number of hydrogen-bond donors (Lipinski definition) is 2. The Hall–Kier alpha value is -0.380. The van der Waals surface area contributed by atoms with E-state index in [0.717, 1.165) is 28.2 Å². The molecule has 1 saturated heterocycles. The van der Waals surface area contributed by atoms with Gasteiger partial charge in [0.15, 0.2) is 0 Å². The van der Waals surface area contributed by atoms with E-state index >= 15 is 0 Å². The number of rotatable bonds is 1. The molecular formula is C12H12OS2. The van der Waals surface area contributed by atoms with Crippen molar-refractivity contribution in [2.45, 2.75) is 34.3 Å². The molecule has 2 heterocycles. The summed E-state index contributed by atoms with van der Waals surface area (Å²) in [5.74, 6) is 0. The zero-order valence-electron chi connectivity index (χ0n) is 8.18. The lowest BCUT2D eigenvalue weighted by atomic mass is 9.88. The maximum absolute atomic E-state index is 5.99. The van der Waals surface area contributed by atoms with E-state index in [4.69, 9.17) is 4.74 Å². The van der Waals surface area contributed by atoms with Crippen LogP contribution in [-0.4, -0.2) is 6.10 Å². The third-order valence-electron chi connectivity index (χ3n) is 3.21. The molecule has 2 atom stereocenters. The highest BCUT2D eigenvalue weighted by atomic mass is 32.1. The summed E-state index contributed by atoms with van der Waals surface area (Å²) in [7, 11) is 0. The molecular weight excluding hydrogens is 224 g/mol. The SMILES string of the molecule is Sc1cccc(C23C=CC(CC2)O3)c1S. The van der Waals surface area contributed by atoms with Gasteiger partial charge < -0.3 is 4.74 Å². The number of fused-ring (bicyclic) bond motifs is 2. The predicted octanol–water partition coefficient (Wildman–Crippen LogP) is 3.21. The highest BCUT2D eigenvalue weighted by Gasteiger charge is 2.44. The normalized spacial score (nSPS) is 32.5. The Kier molecular flexibility index (Phi) is 2.16. The van der Waals surface area contributed by atoms with Crippen LogP contribution in [0.5, 0.6) is 0 Å². The highest BCUT2D eigenvalue weighted by molar-refractivity contribution is 7.83. The van der Waals surface area contributed by atoms with Crippen molar-refractivity contribution in [1.29, 1.82) is 0 Å². The molecule has 0 N–H and O–H groups in total. The lowest BCUT2D eigenvalue weighted by molar-refractivity contribution is 0.0275. The van der Waals surface area contributed by atoms with Crippen LogP contribution in [0.4, 0.5) is 0 Å². The van der Waals surface area contributed by atoms with Gasteiger partial charge in [0.1, 0.15) is 5.60 Å². The first-order valence-electron chi connectivity index (χ1n) is 5.10. The molecule has 0 saturated carbocycles. The Balaban J connectivity index is 2.13. The Morgan fingerprint density at radius 2 is 2.20 bits per heavy atom. The fraction of sp³-hybridized carbons (Fsp3) is 0.333. The van der Waals surface area contributed by atoms with Crippen molar-refractivity contribution in [2.75, 3.05) is 0 Å². The van der Waals surface area contributed by atoms with Crippen molar-refractivity contribution >= 4 is 25.3 Å². The minimum Gasteiger partial charge on any atom is -0.359 e. The maximum Gasteiger partial charge on any atom is 0.113 e. The summed E-state index contributed by atoms with van der Waals surface area (Å²) in [5, 5.41) is 0. The monoisotopic (exact) mass is 236 g/mol. The Labute approximate surface area is 100 Å². The molecule has 0 aliphatic carbocycles. The van der Waals surface area contributed by atoms with Gasteiger partial charge in [-0.2, -0.15) is 0 Å². The minimum absolute atomic E-state index is 0.222. The van der Waals surface area contributed by atoms with Crippen LogP contribution < -0.4 is 0 Å². The zero-order valence-corrected chi connectivity index (χ0v) is 9.97. The van der Waals surface area contributed by atoms with Crippen molar-refractivity contribution < 1.29 is 4.74 Å². The molecule has 0 amide bonds. The largest absolute Gasteiger partial charge is 0.359 e. The number of ether oxygens (including phenoxy) is 1. The van der Waals surface area contributed by atoms with Gasteiger partial charge in [0, 0.05) is 15.4 Å². The van der Waals surface area contributed by atoms with Crippen LogP contribution in [0.15, 0.2) is 40.1 Å². The average molecular weight is 236 g/mol. The molecule has 1 aromatic carbocycles. The Morgan fingerprint density at radius 3 is 2.80 bits per heavy atom. The van der Waals surface area contributed by atoms with Gasteiger partial charge in [0.05, 0.1) is 6.10 Å². The van der Waals surface area contributed by atoms with Gasteiger partial charge in [-0.1, -0.05) is 18.2 Å². The van der Waals surface area contributed by atoms with E-state index < -0.39 is 0 Å². The number of benzene rings is 1. The molecule has 2 unspecified atom stereocenters. The lowest BCUT2D eigenvalue weighted by Crippen LogP contribution is -2.20. The fourth-order valence-corrected chi connectivity index (χ4v) is 2.97. The quantitative estimate of drug-likeness (QED) is 0.562. The van der Waals surface area contributed by atoms with E-state index in [1.54, 1.807) is 0 Å². The Bertz CT molecular complexity index is 441. The molecule has 1 aromatic rings. The summed E-state index contributed by atoms with van der Waals surface area (Å²) < 4.78 is 5.99. The van der Waals surface area contributed by atoms with Crippen LogP contribution in [-0.2, 0) is 10.3 Å². The van der Waals surface area contributed by atoms with Gasteiger partial charge in [-0.3, -0.25) is 0 Å². The third kappa shape index (κ3) is 1.37. The molecule has 3 heteroatoms. The van der Waals surface area contributed by atoms with E-state index in [0.29, 0.717) is 6.10 Å². The lowest BCUT2D eigenvalue weighted by Gasteiger charge is -2.25. The van der Waals surface area contributed by atoms with E-state index in [2.05, 4.69) is 43.5 Å². The van der Waals surface area contributed by atoms with Gasteiger partial charge >= 0.3 is 0 Å². The summed E-state index contributed by atoms with van der Waals surface area (Å²) in [4.78, 5) is 1.85. The predicted molar refractivity (Wildman–Crippen MR) is 65.9 cm³/mol. The number of hydrogen-bond acceptors (Lipinski definition) is 3. The molecule has 0 spiro atoms. The van der Waals surface area contributed by atoms with E-state index in [1.165, 1.54) is 0 Å². The molecule has 0 aromatic heterocycles. The first-order chi connectivity index (χ1) is 7.21. The average Bonchev–Trinajstić information content (AvgIpc) is 2.83. The van der Waals surface area contributed by atoms with E-state index in [1.807, 2.05) is 12.1 Å². The van der Waals surface area contributed by atoms with Crippen molar-refractivity contribution in [2.24, 2.45) is 0 Å². The van der Waals surface area contributed by atoms with Gasteiger partial charge in [0.2, 0.25) is 0 Å². The summed E-state index contributed by atoms with van der Waals surface area (Å²) in [6.07, 6.45) is 6.80. The standard InChI is InChI=1S/C12H12OS2/c14-10-3-1-2-9(11(10)15)12-6-4-8(13-12)5-7-12/h1-4,6,8,14-15H,5,7H2. The topological polar surface area (TPSA) is 9.23 Å². The first-order valence-corrected chi connectivity index (χ1v) is 5.99. The molecule has 2 bridgehead atoms. The second-order valence-corrected chi connectivity index (χ2v) is 5.05. The smallest absolute Gasteiger partial charge is 0.113 e. The first kappa shape index (κ1) is 9.82. The van der Waals surface area contributed by atoms with Crippen LogP contribution in [0, 0.1) is 0 Å². The van der Waals surface area contributed by atoms with Crippen LogP contribution in [0.25, 0.3) is 0 Å². The van der Waals surface area contributed by atoms with Crippen molar-refractivity contribution in [3.8, 4) is 0 Å². The molecule has 2 aliphatic heterocycles. The van der Waals surface area contributed by atoms with E-state index in [9.17, 15) is 0 Å². The second-order valence-electron chi connectivity index (χ2n) is 4.12. The molecule has 0 radical (unpaired) electrons. The summed E-state index contributed by atoms with van der Waals surface area (Å²) >= 11 is 8.92. The van der Waals surface area contributed by atoms with Gasteiger partial charge in [-0.25, -0.2) is 0 Å². The summed E-state index contributed by atoms with van der Waals surface area (Å²) in [6, 6.07) is 6.05. The molecule has 2 aliphatic rings. The van der Waals surface area contributed by atoms with Gasteiger partial charge in [0.25, 0.3) is 0 Å². The highest BCUT2D eigenvalue weighted by Crippen LogP contribution is 2.48. The molecule has 15 heavy (non-hydrogen) atoms. The second kappa shape index (κ2) is 3.30. The third-order valence-corrected chi connectivity index (χ3v) is 4.24. The summed E-state index contributed by atoms with van der Waals surface area (Å²) in [5.41, 5.74) is 0.926. The van der Waals surface area contributed by atoms with E-state index in [-0.39, 0.29) is 5.60 Å². The Morgan fingerprint density at radius 1 is 1.33 bits per heavy atom. The molecule has 78 valence electrons. The van der Waals surface area contributed by atoms with Crippen LogP contribution in [0.1, 0.15) is 18.4 Å². The molecule has 1 fully saturated rings. The summed E-state index contributed by atoms with van der Waals surface area (Å²) in [6.45, 7) is 0. The maximum atomic E-state index is 5.99. The van der Waals surface area contributed by atoms with Crippen molar-refractivity contribution in [3.05, 3.63) is 35.9 Å². The molecule has 3 rings (SSSR count). The van der Waals surface area contributed by atoms with Gasteiger partial charge in [-0.15, -0.1) is 25.3 Å². The van der Waals surface area contributed by atoms with Crippen molar-refractivity contribution in [1.82, 2.24) is 0 Å². The zero-order chi connectivity index (χ0) is 10.5. The van der Waals surface area contributed by atoms with Crippen molar-refractivity contribution in [3.63, 3.8) is 0 Å².